The molecule has 5 nitrogen and oxygen atoms in total. The molecule has 0 spiro atoms. The Hall–Kier alpha value is -2.64. The van der Waals surface area contributed by atoms with Crippen LogP contribution in [0.1, 0.15) is 25.8 Å². The van der Waals surface area contributed by atoms with Crippen molar-refractivity contribution in [3.63, 3.8) is 0 Å². The summed E-state index contributed by atoms with van der Waals surface area (Å²) in [6.07, 6.45) is 0.834. The predicted octanol–water partition coefficient (Wildman–Crippen LogP) is 4.62. The van der Waals surface area contributed by atoms with E-state index in [1.807, 2.05) is 50.2 Å². The van der Waals surface area contributed by atoms with E-state index < -0.39 is 0 Å². The number of thiocarbonyl (C=S) groups is 1. The molecule has 7 heteroatoms. The fourth-order valence-electron chi connectivity index (χ4n) is 3.54. The molecule has 0 saturated carbocycles. The van der Waals surface area contributed by atoms with Gasteiger partial charge in [-0.3, -0.25) is 14.5 Å². The Balaban J connectivity index is 1.74. The Bertz CT molecular complexity index is 1030. The van der Waals surface area contributed by atoms with Crippen LogP contribution in [-0.2, 0) is 9.59 Å². The van der Waals surface area contributed by atoms with Crippen LogP contribution in [0.25, 0.3) is 5.57 Å². The summed E-state index contributed by atoms with van der Waals surface area (Å²) in [5, 5.41) is 0. The van der Waals surface area contributed by atoms with Crippen molar-refractivity contribution in [2.45, 2.75) is 20.3 Å². The number of benzene rings is 2. The first kappa shape index (κ1) is 19.7. The number of carbonyl (C=O) groups is 2. The number of ether oxygens (including phenoxy) is 1. The molecule has 2 aliphatic rings. The molecule has 0 unspecified atom stereocenters. The molecule has 2 aromatic carbocycles. The average Bonchev–Trinajstić information content (AvgIpc) is 3.16. The third kappa shape index (κ3) is 3.34. The van der Waals surface area contributed by atoms with Gasteiger partial charge in [0.2, 0.25) is 0 Å². The first-order chi connectivity index (χ1) is 14.1. The van der Waals surface area contributed by atoms with Gasteiger partial charge in [0.1, 0.15) is 5.75 Å². The van der Waals surface area contributed by atoms with Gasteiger partial charge in [-0.1, -0.05) is 49.1 Å². The summed E-state index contributed by atoms with van der Waals surface area (Å²) in [7, 11) is 0. The van der Waals surface area contributed by atoms with Crippen LogP contribution in [0.2, 0.25) is 0 Å². The van der Waals surface area contributed by atoms with Gasteiger partial charge < -0.3 is 9.64 Å². The molecule has 2 aliphatic heterocycles. The van der Waals surface area contributed by atoms with Gasteiger partial charge in [-0.15, -0.1) is 0 Å². The van der Waals surface area contributed by atoms with E-state index in [-0.39, 0.29) is 11.8 Å². The van der Waals surface area contributed by atoms with Gasteiger partial charge >= 0.3 is 0 Å². The Labute approximate surface area is 179 Å². The molecule has 2 aromatic rings. The van der Waals surface area contributed by atoms with Crippen LogP contribution in [0.3, 0.4) is 0 Å². The lowest BCUT2D eigenvalue weighted by molar-refractivity contribution is -0.115. The van der Waals surface area contributed by atoms with Crippen LogP contribution in [0.5, 0.6) is 5.75 Å². The Morgan fingerprint density at radius 1 is 1.00 bits per heavy atom. The van der Waals surface area contributed by atoms with Crippen molar-refractivity contribution in [1.82, 2.24) is 0 Å². The van der Waals surface area contributed by atoms with E-state index in [1.165, 1.54) is 16.7 Å². The molecule has 2 amide bonds. The normalized spacial score (nSPS) is 18.6. The summed E-state index contributed by atoms with van der Waals surface area (Å²) < 4.78 is 5.88. The molecule has 0 N–H and O–H groups in total. The molecule has 0 aliphatic carbocycles. The van der Waals surface area contributed by atoms with Gasteiger partial charge in [0.25, 0.3) is 11.8 Å². The molecule has 0 bridgehead atoms. The van der Waals surface area contributed by atoms with Crippen LogP contribution >= 0.6 is 24.0 Å². The van der Waals surface area contributed by atoms with Crippen LogP contribution in [-0.4, -0.2) is 29.3 Å². The molecule has 0 radical (unpaired) electrons. The number of amides is 2. The second kappa shape index (κ2) is 8.00. The van der Waals surface area contributed by atoms with E-state index >= 15 is 0 Å². The third-order valence-electron chi connectivity index (χ3n) is 4.77. The van der Waals surface area contributed by atoms with Crippen molar-refractivity contribution in [3.05, 3.63) is 59.0 Å². The fraction of sp³-hybridized carbons (Fsp3) is 0.227. The maximum atomic E-state index is 13.3. The zero-order valence-electron chi connectivity index (χ0n) is 16.2. The third-order valence-corrected chi connectivity index (χ3v) is 6.15. The van der Waals surface area contributed by atoms with E-state index in [0.717, 1.165) is 23.4 Å². The van der Waals surface area contributed by atoms with Gasteiger partial charge in [-0.25, -0.2) is 0 Å². The number of thioether (sulfide) groups is 1. The van der Waals surface area contributed by atoms with Gasteiger partial charge in [-0.2, -0.15) is 0 Å². The first-order valence-corrected chi connectivity index (χ1v) is 10.7. The summed E-state index contributed by atoms with van der Waals surface area (Å²) in [5.41, 5.74) is 2.74. The Kier molecular flexibility index (Phi) is 5.43. The van der Waals surface area contributed by atoms with Gasteiger partial charge in [0.05, 0.1) is 28.5 Å². The van der Waals surface area contributed by atoms with Crippen molar-refractivity contribution < 1.29 is 14.3 Å². The summed E-state index contributed by atoms with van der Waals surface area (Å²) in [6.45, 7) is 5.13. The monoisotopic (exact) mass is 424 g/mol. The van der Waals surface area contributed by atoms with Crippen molar-refractivity contribution in [2.75, 3.05) is 23.0 Å². The minimum atomic E-state index is -0.263. The number of para-hydroxylation sites is 1. The number of nitrogens with zero attached hydrogens (tertiary/aromatic N) is 2. The van der Waals surface area contributed by atoms with Crippen LogP contribution in [0, 0.1) is 0 Å². The Morgan fingerprint density at radius 2 is 1.72 bits per heavy atom. The van der Waals surface area contributed by atoms with E-state index in [9.17, 15) is 9.59 Å². The second-order valence-electron chi connectivity index (χ2n) is 6.61. The smallest absolute Gasteiger partial charge is 0.271 e. The average molecular weight is 425 g/mol. The molecule has 0 aromatic heterocycles. The lowest BCUT2D eigenvalue weighted by atomic mass is 10.1. The van der Waals surface area contributed by atoms with E-state index in [0.29, 0.717) is 33.6 Å². The van der Waals surface area contributed by atoms with Crippen LogP contribution in [0.15, 0.2) is 53.4 Å². The van der Waals surface area contributed by atoms with Crippen LogP contribution < -0.4 is 14.5 Å². The number of rotatable bonds is 5. The lowest BCUT2D eigenvalue weighted by Gasteiger charge is -2.16. The maximum absolute atomic E-state index is 13.3. The number of hydrogen-bond acceptors (Lipinski definition) is 5. The fourth-order valence-corrected chi connectivity index (χ4v) is 4.92. The van der Waals surface area contributed by atoms with Gasteiger partial charge in [0, 0.05) is 12.1 Å². The highest BCUT2D eigenvalue weighted by Crippen LogP contribution is 2.45. The second-order valence-corrected chi connectivity index (χ2v) is 8.26. The minimum Gasteiger partial charge on any atom is -0.494 e. The van der Waals surface area contributed by atoms with Gasteiger partial charge in [0.15, 0.2) is 4.32 Å². The highest BCUT2D eigenvalue weighted by Gasteiger charge is 2.42. The zero-order valence-corrected chi connectivity index (χ0v) is 17.8. The molecule has 2 heterocycles. The molecular weight excluding hydrogens is 404 g/mol. The number of fused-ring (bicyclic) bond motifs is 1. The molecular formula is C22H20N2O3S2. The number of hydrogen-bond donors (Lipinski definition) is 0. The van der Waals surface area contributed by atoms with Crippen molar-refractivity contribution in [3.8, 4) is 5.75 Å². The molecule has 29 heavy (non-hydrogen) atoms. The number of carbonyl (C=O) groups excluding carboxylic acids is 2. The van der Waals surface area contributed by atoms with Crippen molar-refractivity contribution in [1.29, 1.82) is 0 Å². The zero-order chi connectivity index (χ0) is 20.5. The first-order valence-electron chi connectivity index (χ1n) is 9.51. The van der Waals surface area contributed by atoms with E-state index in [4.69, 9.17) is 17.0 Å². The maximum Gasteiger partial charge on any atom is 0.271 e. The largest absolute Gasteiger partial charge is 0.494 e. The summed E-state index contributed by atoms with van der Waals surface area (Å²) >= 11 is 6.68. The quantitative estimate of drug-likeness (QED) is 0.518. The lowest BCUT2D eigenvalue weighted by Crippen LogP contribution is -2.29. The van der Waals surface area contributed by atoms with Crippen LogP contribution in [0.4, 0.5) is 11.4 Å². The molecule has 1 saturated heterocycles. The number of anilines is 2. The molecule has 0 atom stereocenters. The van der Waals surface area contributed by atoms with Crippen molar-refractivity contribution >= 4 is 57.1 Å². The summed E-state index contributed by atoms with van der Waals surface area (Å²) in [5.74, 6) is 0.330. The van der Waals surface area contributed by atoms with E-state index in [1.54, 1.807) is 17.0 Å². The SMILES string of the molecule is CCCN1C(=O)C(=C2SC(=S)N(c3ccc(OCC)cc3)C2=O)c2ccccc21. The van der Waals surface area contributed by atoms with E-state index in [2.05, 4.69) is 0 Å². The Morgan fingerprint density at radius 3 is 2.41 bits per heavy atom. The topological polar surface area (TPSA) is 49.9 Å². The summed E-state index contributed by atoms with van der Waals surface area (Å²) in [6, 6.07) is 14.8. The predicted molar refractivity (Wildman–Crippen MR) is 121 cm³/mol. The highest BCUT2D eigenvalue weighted by atomic mass is 32.2. The minimum absolute atomic E-state index is 0.139. The molecule has 148 valence electrons. The standard InChI is InChI=1S/C22H20N2O3S2/c1-3-13-23-17-8-6-5-7-16(17)18(20(23)25)19-21(26)24(22(28)29-19)14-9-11-15(12-10-14)27-4-2/h5-12H,3-4,13H2,1-2H3. The highest BCUT2D eigenvalue weighted by molar-refractivity contribution is 8.27. The molecule has 4 rings (SSSR count). The molecule has 1 fully saturated rings. The summed E-state index contributed by atoms with van der Waals surface area (Å²) in [4.78, 5) is 30.1. The van der Waals surface area contributed by atoms with Gasteiger partial charge in [-0.05, 0) is 43.7 Å². The van der Waals surface area contributed by atoms with Crippen molar-refractivity contribution in [2.24, 2.45) is 0 Å².